The number of benzene rings is 3. The topological polar surface area (TPSA) is 73.9 Å². The van der Waals surface area contributed by atoms with E-state index in [2.05, 4.69) is 20.4 Å². The molecule has 2 amide bonds. The molecule has 1 aliphatic heterocycles. The van der Waals surface area contributed by atoms with Crippen molar-refractivity contribution in [1.82, 2.24) is 5.32 Å². The van der Waals surface area contributed by atoms with E-state index in [9.17, 15) is 22.8 Å². The van der Waals surface area contributed by atoms with Gasteiger partial charge in [0.2, 0.25) is 0 Å². The van der Waals surface area contributed by atoms with Gasteiger partial charge >= 0.3 is 6.18 Å². The van der Waals surface area contributed by atoms with Crippen LogP contribution in [0.5, 0.6) is 5.75 Å². The van der Waals surface area contributed by atoms with Crippen LogP contribution in [0.25, 0.3) is 0 Å². The van der Waals surface area contributed by atoms with E-state index in [1.807, 2.05) is 38.1 Å². The van der Waals surface area contributed by atoms with Gasteiger partial charge in [0.15, 0.2) is 0 Å². The molecule has 0 saturated carbocycles. The van der Waals surface area contributed by atoms with Crippen LogP contribution in [-0.4, -0.2) is 51.1 Å². The Kier molecular flexibility index (Phi) is 8.32. The zero-order valence-electron chi connectivity index (χ0n) is 22.0. The number of anilines is 3. The summed E-state index contributed by atoms with van der Waals surface area (Å²) < 4.78 is 44.8. The van der Waals surface area contributed by atoms with E-state index in [1.165, 1.54) is 12.1 Å². The Labute approximate surface area is 225 Å². The number of hydrogen-bond acceptors (Lipinski definition) is 5. The van der Waals surface area contributed by atoms with Crippen LogP contribution >= 0.6 is 0 Å². The predicted molar refractivity (Wildman–Crippen MR) is 146 cm³/mol. The van der Waals surface area contributed by atoms with E-state index in [0.29, 0.717) is 43.1 Å². The molecular weight excluding hydrogens is 509 g/mol. The second kappa shape index (κ2) is 11.7. The monoisotopic (exact) mass is 540 g/mol. The average Bonchev–Trinajstić information content (AvgIpc) is 2.92. The summed E-state index contributed by atoms with van der Waals surface area (Å²) in [5, 5.41) is 5.52. The highest BCUT2D eigenvalue weighted by atomic mass is 19.4. The largest absolute Gasteiger partial charge is 0.495 e. The average molecular weight is 541 g/mol. The number of methoxy groups -OCH3 is 1. The van der Waals surface area contributed by atoms with Gasteiger partial charge in [0.25, 0.3) is 11.8 Å². The summed E-state index contributed by atoms with van der Waals surface area (Å²) in [7, 11) is 1.64. The van der Waals surface area contributed by atoms with Crippen LogP contribution in [0.3, 0.4) is 0 Å². The van der Waals surface area contributed by atoms with E-state index in [1.54, 1.807) is 25.3 Å². The lowest BCUT2D eigenvalue weighted by atomic mass is 10.1. The Hall–Kier alpha value is -4.21. The van der Waals surface area contributed by atoms with Gasteiger partial charge in [-0.05, 0) is 62.4 Å². The molecule has 0 radical (unpaired) electrons. The molecule has 206 valence electrons. The minimum absolute atomic E-state index is 0.115. The number of carbonyl (C=O) groups excluding carboxylic acids is 2. The molecule has 3 aromatic carbocycles. The number of alkyl halides is 3. The summed E-state index contributed by atoms with van der Waals surface area (Å²) >= 11 is 0. The number of hydrogen-bond donors (Lipinski definition) is 2. The molecule has 0 aromatic heterocycles. The minimum Gasteiger partial charge on any atom is -0.495 e. The van der Waals surface area contributed by atoms with E-state index in [4.69, 9.17) is 4.74 Å². The predicted octanol–water partition coefficient (Wildman–Crippen LogP) is 5.43. The Bertz CT molecular complexity index is 1340. The van der Waals surface area contributed by atoms with Crippen molar-refractivity contribution in [2.45, 2.75) is 26.1 Å². The first kappa shape index (κ1) is 27.8. The molecule has 1 fully saturated rings. The Morgan fingerprint density at radius 1 is 0.846 bits per heavy atom. The van der Waals surface area contributed by atoms with Gasteiger partial charge in [0, 0.05) is 49.2 Å². The van der Waals surface area contributed by atoms with Crippen molar-refractivity contribution >= 4 is 28.9 Å². The molecule has 0 bridgehead atoms. The molecule has 0 spiro atoms. The van der Waals surface area contributed by atoms with Gasteiger partial charge in [0.1, 0.15) is 5.75 Å². The van der Waals surface area contributed by atoms with Crippen LogP contribution in [0.1, 0.15) is 40.1 Å². The Morgan fingerprint density at radius 3 is 2.15 bits per heavy atom. The summed E-state index contributed by atoms with van der Waals surface area (Å²) in [6.07, 6.45) is -4.56. The highest BCUT2D eigenvalue weighted by Crippen LogP contribution is 2.32. The van der Waals surface area contributed by atoms with Gasteiger partial charge < -0.3 is 25.2 Å². The van der Waals surface area contributed by atoms with Crippen molar-refractivity contribution in [3.8, 4) is 5.75 Å². The van der Waals surface area contributed by atoms with Gasteiger partial charge in [-0.2, -0.15) is 13.2 Å². The standard InChI is InChI=1S/C29H31F3N4O3/c1-19(2)33-28(38)23-18-22(34-27(37)20-7-6-8-21(17-20)29(30,31)32)11-12-24(23)35-13-15-36(16-14-35)25-9-4-5-10-26(25)39-3/h4-12,17-19H,13-16H2,1-3H3,(H,33,38)(H,34,37). The first-order valence-corrected chi connectivity index (χ1v) is 12.6. The van der Waals surface area contributed by atoms with Crippen LogP contribution in [0.15, 0.2) is 66.7 Å². The van der Waals surface area contributed by atoms with Crippen molar-refractivity contribution in [3.63, 3.8) is 0 Å². The van der Waals surface area contributed by atoms with Gasteiger partial charge in [-0.25, -0.2) is 0 Å². The lowest BCUT2D eigenvalue weighted by molar-refractivity contribution is -0.137. The number of rotatable bonds is 7. The molecule has 7 nitrogen and oxygen atoms in total. The third-order valence-corrected chi connectivity index (χ3v) is 6.42. The number of amides is 2. The van der Waals surface area contributed by atoms with Crippen molar-refractivity contribution in [2.24, 2.45) is 0 Å². The smallest absolute Gasteiger partial charge is 0.416 e. The molecule has 1 saturated heterocycles. The maximum absolute atomic E-state index is 13.1. The maximum Gasteiger partial charge on any atom is 0.416 e. The third-order valence-electron chi connectivity index (χ3n) is 6.42. The first-order valence-electron chi connectivity index (χ1n) is 12.6. The molecule has 0 atom stereocenters. The summed E-state index contributed by atoms with van der Waals surface area (Å²) in [6.45, 7) is 6.41. The first-order chi connectivity index (χ1) is 18.6. The van der Waals surface area contributed by atoms with Gasteiger partial charge in [0.05, 0.1) is 23.9 Å². The molecule has 4 rings (SSSR count). The summed E-state index contributed by atoms with van der Waals surface area (Å²) in [5.41, 5.74) is 1.36. The molecule has 0 unspecified atom stereocenters. The third kappa shape index (κ3) is 6.63. The molecule has 10 heteroatoms. The fourth-order valence-corrected chi connectivity index (χ4v) is 4.53. The maximum atomic E-state index is 13.1. The number of nitrogens with zero attached hydrogens (tertiary/aromatic N) is 2. The number of nitrogens with one attached hydrogen (secondary N) is 2. The van der Waals surface area contributed by atoms with Gasteiger partial charge in [-0.3, -0.25) is 9.59 Å². The molecule has 3 aromatic rings. The molecule has 1 aliphatic rings. The molecule has 39 heavy (non-hydrogen) atoms. The number of ether oxygens (including phenoxy) is 1. The fraction of sp³-hybridized carbons (Fsp3) is 0.310. The lowest BCUT2D eigenvalue weighted by Gasteiger charge is -2.38. The van der Waals surface area contributed by atoms with E-state index in [-0.39, 0.29) is 17.5 Å². The Morgan fingerprint density at radius 2 is 1.51 bits per heavy atom. The van der Waals surface area contributed by atoms with Crippen LogP contribution in [0.2, 0.25) is 0 Å². The number of para-hydroxylation sites is 2. The molecule has 0 aliphatic carbocycles. The van der Waals surface area contributed by atoms with E-state index < -0.39 is 17.6 Å². The highest BCUT2D eigenvalue weighted by Gasteiger charge is 2.31. The van der Waals surface area contributed by atoms with Crippen LogP contribution in [0.4, 0.5) is 30.2 Å². The molecular formula is C29H31F3N4O3. The zero-order valence-corrected chi connectivity index (χ0v) is 22.0. The minimum atomic E-state index is -4.56. The summed E-state index contributed by atoms with van der Waals surface area (Å²) in [4.78, 5) is 30.2. The SMILES string of the molecule is COc1ccccc1N1CCN(c2ccc(NC(=O)c3cccc(C(F)(F)F)c3)cc2C(=O)NC(C)C)CC1. The molecule has 2 N–H and O–H groups in total. The Balaban J connectivity index is 1.55. The normalized spacial score (nSPS) is 13.8. The second-order valence-electron chi connectivity index (χ2n) is 9.54. The van der Waals surface area contributed by atoms with E-state index in [0.717, 1.165) is 23.6 Å². The van der Waals surface area contributed by atoms with Gasteiger partial charge in [-0.15, -0.1) is 0 Å². The highest BCUT2D eigenvalue weighted by molar-refractivity contribution is 6.06. The van der Waals surface area contributed by atoms with Crippen molar-refractivity contribution in [1.29, 1.82) is 0 Å². The van der Waals surface area contributed by atoms with E-state index >= 15 is 0 Å². The molecule has 1 heterocycles. The van der Waals surface area contributed by atoms with Crippen LogP contribution < -0.4 is 25.2 Å². The quantitative estimate of drug-likeness (QED) is 0.418. The summed E-state index contributed by atoms with van der Waals surface area (Å²) in [5.74, 6) is -0.208. The lowest BCUT2D eigenvalue weighted by Crippen LogP contribution is -2.47. The van der Waals surface area contributed by atoms with Gasteiger partial charge in [-0.1, -0.05) is 18.2 Å². The van der Waals surface area contributed by atoms with Crippen molar-refractivity contribution in [2.75, 3.05) is 48.4 Å². The van der Waals surface area contributed by atoms with Crippen molar-refractivity contribution in [3.05, 3.63) is 83.4 Å². The van der Waals surface area contributed by atoms with Crippen molar-refractivity contribution < 1.29 is 27.5 Å². The zero-order chi connectivity index (χ0) is 28.2. The van der Waals surface area contributed by atoms with Crippen LogP contribution in [0, 0.1) is 0 Å². The number of halogens is 3. The number of piperazine rings is 1. The fourth-order valence-electron chi connectivity index (χ4n) is 4.53. The summed E-state index contributed by atoms with van der Waals surface area (Å²) in [6, 6.07) is 16.9. The second-order valence-corrected chi connectivity index (χ2v) is 9.54. The number of carbonyl (C=O) groups is 2. The van der Waals surface area contributed by atoms with Crippen LogP contribution in [-0.2, 0) is 6.18 Å².